The highest BCUT2D eigenvalue weighted by atomic mass is 35.5. The van der Waals surface area contributed by atoms with E-state index in [1.165, 1.54) is 12.1 Å². The fourth-order valence-corrected chi connectivity index (χ4v) is 1.60. The molecular weight excluding hydrogens is 243 g/mol. The van der Waals surface area contributed by atoms with E-state index in [0.717, 1.165) is 0 Å². The predicted octanol–water partition coefficient (Wildman–Crippen LogP) is 3.39. The van der Waals surface area contributed by atoms with Crippen molar-refractivity contribution >= 4 is 17.3 Å². The summed E-state index contributed by atoms with van der Waals surface area (Å²) in [5, 5.41) is 0. The lowest BCUT2D eigenvalue weighted by molar-refractivity contribution is -0.274. The molecule has 0 heterocycles. The van der Waals surface area contributed by atoms with Gasteiger partial charge in [-0.3, -0.25) is 0 Å². The molecule has 0 aliphatic carbocycles. The Morgan fingerprint density at radius 1 is 1.31 bits per heavy atom. The summed E-state index contributed by atoms with van der Waals surface area (Å²) in [4.78, 5) is 1.68. The van der Waals surface area contributed by atoms with E-state index in [2.05, 4.69) is 4.74 Å². The first kappa shape index (κ1) is 13.0. The number of rotatable bonds is 3. The SMILES string of the molecule is CN(C)c1cccc(OC(F)(F)F)c1CCl. The fourth-order valence-electron chi connectivity index (χ4n) is 1.33. The molecule has 0 spiro atoms. The highest BCUT2D eigenvalue weighted by Crippen LogP contribution is 2.33. The van der Waals surface area contributed by atoms with Crippen molar-refractivity contribution in [1.29, 1.82) is 0 Å². The van der Waals surface area contributed by atoms with Gasteiger partial charge in [0.15, 0.2) is 0 Å². The lowest BCUT2D eigenvalue weighted by Gasteiger charge is -2.19. The van der Waals surface area contributed by atoms with Crippen LogP contribution >= 0.6 is 11.6 Å². The van der Waals surface area contributed by atoms with E-state index in [0.29, 0.717) is 11.3 Å². The third-order valence-corrected chi connectivity index (χ3v) is 2.22. The van der Waals surface area contributed by atoms with E-state index in [4.69, 9.17) is 11.6 Å². The molecule has 1 rings (SSSR count). The van der Waals surface area contributed by atoms with Crippen molar-refractivity contribution in [2.24, 2.45) is 0 Å². The molecule has 2 nitrogen and oxygen atoms in total. The number of anilines is 1. The first-order valence-corrected chi connectivity index (χ1v) is 4.99. The van der Waals surface area contributed by atoms with Crippen LogP contribution in [0.3, 0.4) is 0 Å². The number of halogens is 4. The number of alkyl halides is 4. The summed E-state index contributed by atoms with van der Waals surface area (Å²) >= 11 is 5.64. The molecule has 16 heavy (non-hydrogen) atoms. The maximum absolute atomic E-state index is 12.1. The van der Waals surface area contributed by atoms with Crippen molar-refractivity contribution in [3.63, 3.8) is 0 Å². The normalized spacial score (nSPS) is 11.4. The number of hydrogen-bond acceptors (Lipinski definition) is 2. The smallest absolute Gasteiger partial charge is 0.405 e. The van der Waals surface area contributed by atoms with Crippen molar-refractivity contribution in [3.8, 4) is 5.75 Å². The molecule has 0 bridgehead atoms. The first-order chi connectivity index (χ1) is 7.35. The van der Waals surface area contributed by atoms with Crippen LogP contribution in [0.1, 0.15) is 5.56 Å². The van der Waals surface area contributed by atoms with Gasteiger partial charge in [0.2, 0.25) is 0 Å². The average molecular weight is 254 g/mol. The van der Waals surface area contributed by atoms with Gasteiger partial charge in [-0.2, -0.15) is 0 Å². The summed E-state index contributed by atoms with van der Waals surface area (Å²) in [7, 11) is 3.45. The van der Waals surface area contributed by atoms with E-state index in [1.807, 2.05) is 0 Å². The molecule has 0 atom stereocenters. The van der Waals surface area contributed by atoms with Crippen LogP contribution in [0.25, 0.3) is 0 Å². The van der Waals surface area contributed by atoms with Gasteiger partial charge in [-0.1, -0.05) is 6.07 Å². The summed E-state index contributed by atoms with van der Waals surface area (Å²) in [6.45, 7) is 0. The zero-order chi connectivity index (χ0) is 12.3. The van der Waals surface area contributed by atoms with Gasteiger partial charge < -0.3 is 9.64 Å². The Kier molecular flexibility index (Phi) is 3.91. The molecule has 0 aromatic heterocycles. The molecule has 0 aliphatic heterocycles. The second-order valence-electron chi connectivity index (χ2n) is 3.33. The molecule has 0 saturated carbocycles. The van der Waals surface area contributed by atoms with Crippen LogP contribution in [0, 0.1) is 0 Å². The molecule has 1 aromatic carbocycles. The van der Waals surface area contributed by atoms with Gasteiger partial charge >= 0.3 is 6.36 Å². The summed E-state index contributed by atoms with van der Waals surface area (Å²) < 4.78 is 40.2. The minimum atomic E-state index is -4.70. The minimum Gasteiger partial charge on any atom is -0.405 e. The third-order valence-electron chi connectivity index (χ3n) is 1.95. The van der Waals surface area contributed by atoms with Crippen molar-refractivity contribution < 1.29 is 17.9 Å². The molecule has 0 fully saturated rings. The lowest BCUT2D eigenvalue weighted by Crippen LogP contribution is -2.19. The van der Waals surface area contributed by atoms with Crippen LogP contribution in [0.15, 0.2) is 18.2 Å². The molecule has 0 aliphatic rings. The summed E-state index contributed by atoms with van der Waals surface area (Å²) in [5.41, 5.74) is 0.934. The number of nitrogens with zero attached hydrogens (tertiary/aromatic N) is 1. The number of benzene rings is 1. The van der Waals surface area contributed by atoms with Crippen LogP contribution in [0.2, 0.25) is 0 Å². The molecule has 1 aromatic rings. The zero-order valence-corrected chi connectivity index (χ0v) is 9.56. The average Bonchev–Trinajstić information content (AvgIpc) is 2.14. The second-order valence-corrected chi connectivity index (χ2v) is 3.60. The highest BCUT2D eigenvalue weighted by Gasteiger charge is 2.32. The molecule has 0 radical (unpaired) electrons. The van der Waals surface area contributed by atoms with Gasteiger partial charge in [0.1, 0.15) is 5.75 Å². The van der Waals surface area contributed by atoms with Crippen LogP contribution in [0.5, 0.6) is 5.75 Å². The quantitative estimate of drug-likeness (QED) is 0.766. The summed E-state index contributed by atoms with van der Waals surface area (Å²) in [6, 6.07) is 4.42. The Morgan fingerprint density at radius 3 is 2.38 bits per heavy atom. The summed E-state index contributed by atoms with van der Waals surface area (Å²) in [6.07, 6.45) is -4.70. The van der Waals surface area contributed by atoms with Gasteiger partial charge in [-0.15, -0.1) is 24.8 Å². The van der Waals surface area contributed by atoms with E-state index in [1.54, 1.807) is 25.1 Å². The molecule has 0 N–H and O–H groups in total. The molecule has 90 valence electrons. The predicted molar refractivity (Wildman–Crippen MR) is 57.0 cm³/mol. The van der Waals surface area contributed by atoms with Crippen LogP contribution in [-0.2, 0) is 5.88 Å². The Balaban J connectivity index is 3.14. The van der Waals surface area contributed by atoms with Crippen molar-refractivity contribution in [2.75, 3.05) is 19.0 Å². The monoisotopic (exact) mass is 253 g/mol. The minimum absolute atomic E-state index is 0.0419. The van der Waals surface area contributed by atoms with E-state index >= 15 is 0 Å². The first-order valence-electron chi connectivity index (χ1n) is 4.46. The van der Waals surface area contributed by atoms with Gasteiger partial charge in [0.25, 0.3) is 0 Å². The van der Waals surface area contributed by atoms with E-state index in [-0.39, 0.29) is 11.6 Å². The van der Waals surface area contributed by atoms with Gasteiger partial charge in [0, 0.05) is 25.3 Å². The Labute approximate surface area is 96.6 Å². The van der Waals surface area contributed by atoms with Gasteiger partial charge in [-0.25, -0.2) is 0 Å². The van der Waals surface area contributed by atoms with E-state index < -0.39 is 6.36 Å². The molecule has 6 heteroatoms. The van der Waals surface area contributed by atoms with E-state index in [9.17, 15) is 13.2 Å². The van der Waals surface area contributed by atoms with Gasteiger partial charge in [0.05, 0.1) is 5.88 Å². The van der Waals surface area contributed by atoms with Crippen molar-refractivity contribution in [2.45, 2.75) is 12.2 Å². The second kappa shape index (κ2) is 4.82. The molecule has 0 amide bonds. The third kappa shape index (κ3) is 3.20. The zero-order valence-electron chi connectivity index (χ0n) is 8.81. The molecule has 0 saturated heterocycles. The molecular formula is C10H11ClF3NO. The topological polar surface area (TPSA) is 12.5 Å². The maximum atomic E-state index is 12.1. The maximum Gasteiger partial charge on any atom is 0.573 e. The fraction of sp³-hybridized carbons (Fsp3) is 0.400. The Bertz CT molecular complexity index is 366. The Morgan fingerprint density at radius 2 is 1.94 bits per heavy atom. The van der Waals surface area contributed by atoms with Crippen molar-refractivity contribution in [3.05, 3.63) is 23.8 Å². The number of hydrogen-bond donors (Lipinski definition) is 0. The lowest BCUT2D eigenvalue weighted by atomic mass is 10.1. The van der Waals surface area contributed by atoms with Crippen LogP contribution < -0.4 is 9.64 Å². The Hall–Kier alpha value is -1.10. The summed E-state index contributed by atoms with van der Waals surface area (Å²) in [5.74, 6) is -0.298. The number of ether oxygens (including phenoxy) is 1. The van der Waals surface area contributed by atoms with Crippen LogP contribution in [0.4, 0.5) is 18.9 Å². The van der Waals surface area contributed by atoms with Crippen LogP contribution in [-0.4, -0.2) is 20.5 Å². The van der Waals surface area contributed by atoms with Crippen molar-refractivity contribution in [1.82, 2.24) is 0 Å². The van der Waals surface area contributed by atoms with Gasteiger partial charge in [-0.05, 0) is 12.1 Å². The standard InChI is InChI=1S/C10H11ClF3NO/c1-15(2)8-4-3-5-9(7(8)6-11)16-10(12,13)14/h3-5H,6H2,1-2H3. The highest BCUT2D eigenvalue weighted by molar-refractivity contribution is 6.17. The molecule has 0 unspecified atom stereocenters. The largest absolute Gasteiger partial charge is 0.573 e.